The van der Waals surface area contributed by atoms with Crippen LogP contribution in [0.1, 0.15) is 38.2 Å². The van der Waals surface area contributed by atoms with Crippen LogP contribution in [0.2, 0.25) is 0 Å². The first-order valence-electron chi connectivity index (χ1n) is 8.04. The van der Waals surface area contributed by atoms with E-state index in [1.54, 1.807) is 0 Å². The van der Waals surface area contributed by atoms with Crippen LogP contribution in [0.5, 0.6) is 0 Å². The van der Waals surface area contributed by atoms with Gasteiger partial charge in [0.25, 0.3) is 0 Å². The molecule has 124 valence electrons. The second-order valence-electron chi connectivity index (χ2n) is 5.88. The maximum Gasteiger partial charge on any atom is 0.323 e. The summed E-state index contributed by atoms with van der Waals surface area (Å²) >= 11 is 0. The summed E-state index contributed by atoms with van der Waals surface area (Å²) in [5, 5.41) is 0. The second-order valence-corrected chi connectivity index (χ2v) is 5.88. The van der Waals surface area contributed by atoms with Crippen LogP contribution in [0.4, 0.5) is 0 Å². The average molecular weight is 316 g/mol. The summed E-state index contributed by atoms with van der Waals surface area (Å²) in [6.07, 6.45) is 5.70. The van der Waals surface area contributed by atoms with Gasteiger partial charge in [0.15, 0.2) is 5.41 Å². The van der Waals surface area contributed by atoms with Crippen LogP contribution >= 0.6 is 0 Å². The Morgan fingerprint density at radius 2 is 1.78 bits per heavy atom. The van der Waals surface area contributed by atoms with Gasteiger partial charge in [-0.05, 0) is 24.0 Å². The molecule has 1 aliphatic rings. The summed E-state index contributed by atoms with van der Waals surface area (Å²) in [5.74, 6) is -1.19. The summed E-state index contributed by atoms with van der Waals surface area (Å²) in [7, 11) is 2.62. The molecule has 0 radical (unpaired) electrons. The van der Waals surface area contributed by atoms with Crippen molar-refractivity contribution in [2.75, 3.05) is 14.2 Å². The van der Waals surface area contributed by atoms with Crippen molar-refractivity contribution >= 4 is 17.5 Å². The van der Waals surface area contributed by atoms with E-state index in [-0.39, 0.29) is 5.92 Å². The van der Waals surface area contributed by atoms with E-state index in [1.165, 1.54) is 14.2 Å². The molecule has 1 unspecified atom stereocenters. The lowest BCUT2D eigenvalue weighted by atomic mass is 9.93. The van der Waals surface area contributed by atoms with Gasteiger partial charge in [0, 0.05) is 5.92 Å². The van der Waals surface area contributed by atoms with Gasteiger partial charge in [-0.15, -0.1) is 0 Å². The molecule has 0 bridgehead atoms. The molecule has 2 rings (SSSR count). The minimum absolute atomic E-state index is 0.179. The van der Waals surface area contributed by atoms with E-state index in [2.05, 4.69) is 13.0 Å². The molecule has 1 fully saturated rings. The Labute approximate surface area is 137 Å². The standard InChI is InChI=1S/C19H24O4/c1-4-5-7-12-15(14-10-8-6-9-11-14)16-13-19(16,17(20)22-2)18(21)23-3/h6,8-12,16H,4-5,7,13H2,1-3H3/b15-12-. The third-order valence-electron chi connectivity index (χ3n) is 4.46. The SMILES string of the molecule is CCCC/C=C(/c1ccccc1)C1CC1(C(=O)OC)C(=O)OC. The van der Waals surface area contributed by atoms with Crippen LogP contribution in [-0.4, -0.2) is 26.2 Å². The van der Waals surface area contributed by atoms with E-state index in [0.29, 0.717) is 6.42 Å². The lowest BCUT2D eigenvalue weighted by Crippen LogP contribution is -2.30. The van der Waals surface area contributed by atoms with E-state index in [1.807, 2.05) is 30.3 Å². The minimum Gasteiger partial charge on any atom is -0.468 e. The zero-order valence-corrected chi connectivity index (χ0v) is 14.0. The molecule has 0 saturated heterocycles. The van der Waals surface area contributed by atoms with Crippen molar-refractivity contribution < 1.29 is 19.1 Å². The maximum atomic E-state index is 12.2. The summed E-state index contributed by atoms with van der Waals surface area (Å²) < 4.78 is 9.75. The van der Waals surface area contributed by atoms with E-state index >= 15 is 0 Å². The Kier molecular flexibility index (Phi) is 5.59. The summed E-state index contributed by atoms with van der Waals surface area (Å²) in [6, 6.07) is 9.89. The van der Waals surface area contributed by atoms with Crippen molar-refractivity contribution in [2.24, 2.45) is 11.3 Å². The largest absolute Gasteiger partial charge is 0.468 e. The highest BCUT2D eigenvalue weighted by Crippen LogP contribution is 2.60. The van der Waals surface area contributed by atoms with Crippen molar-refractivity contribution in [1.82, 2.24) is 0 Å². The van der Waals surface area contributed by atoms with Crippen LogP contribution < -0.4 is 0 Å². The quantitative estimate of drug-likeness (QED) is 0.438. The monoisotopic (exact) mass is 316 g/mol. The molecule has 1 aromatic rings. The fourth-order valence-corrected chi connectivity index (χ4v) is 3.09. The fraction of sp³-hybridized carbons (Fsp3) is 0.474. The van der Waals surface area contributed by atoms with Crippen molar-refractivity contribution in [2.45, 2.75) is 32.6 Å². The van der Waals surface area contributed by atoms with Gasteiger partial charge < -0.3 is 9.47 Å². The molecule has 1 aromatic carbocycles. The smallest absolute Gasteiger partial charge is 0.323 e. The average Bonchev–Trinajstić information content (AvgIpc) is 3.34. The Balaban J connectivity index is 2.35. The summed E-state index contributed by atoms with van der Waals surface area (Å²) in [6.45, 7) is 2.14. The van der Waals surface area contributed by atoms with Crippen molar-refractivity contribution in [3.8, 4) is 0 Å². The molecule has 0 N–H and O–H groups in total. The molecular formula is C19H24O4. The van der Waals surface area contributed by atoms with Gasteiger partial charge in [0.2, 0.25) is 0 Å². The molecular weight excluding hydrogens is 292 g/mol. The highest BCUT2D eigenvalue weighted by Gasteiger charge is 2.69. The molecule has 0 aliphatic heterocycles. The first-order valence-corrected chi connectivity index (χ1v) is 8.04. The predicted octanol–water partition coefficient (Wildman–Crippen LogP) is 3.61. The Bertz CT molecular complexity index is 573. The number of hydrogen-bond acceptors (Lipinski definition) is 4. The lowest BCUT2D eigenvalue weighted by molar-refractivity contribution is -0.161. The number of hydrogen-bond donors (Lipinski definition) is 0. The number of unbranched alkanes of at least 4 members (excludes halogenated alkanes) is 2. The zero-order chi connectivity index (χ0) is 16.9. The number of methoxy groups -OCH3 is 2. The van der Waals surface area contributed by atoms with Crippen molar-refractivity contribution in [3.05, 3.63) is 42.0 Å². The second kappa shape index (κ2) is 7.44. The van der Waals surface area contributed by atoms with Gasteiger partial charge in [0.05, 0.1) is 14.2 Å². The van der Waals surface area contributed by atoms with Crippen molar-refractivity contribution in [1.29, 1.82) is 0 Å². The van der Waals surface area contributed by atoms with Gasteiger partial charge in [0.1, 0.15) is 0 Å². The normalized spacial score (nSPS) is 19.1. The molecule has 1 aliphatic carbocycles. The predicted molar refractivity (Wildman–Crippen MR) is 88.5 cm³/mol. The Hall–Kier alpha value is -2.10. The van der Waals surface area contributed by atoms with Gasteiger partial charge in [-0.25, -0.2) is 0 Å². The number of rotatable bonds is 7. The highest BCUT2D eigenvalue weighted by molar-refractivity contribution is 6.06. The zero-order valence-electron chi connectivity index (χ0n) is 14.0. The molecule has 4 heteroatoms. The maximum absolute atomic E-state index is 12.2. The Morgan fingerprint density at radius 3 is 2.30 bits per heavy atom. The molecule has 0 amide bonds. The lowest BCUT2D eigenvalue weighted by Gasteiger charge is -2.15. The molecule has 0 heterocycles. The molecule has 0 spiro atoms. The number of carbonyl (C=O) groups is 2. The van der Waals surface area contributed by atoms with Crippen LogP contribution in [0.3, 0.4) is 0 Å². The van der Waals surface area contributed by atoms with Crippen LogP contribution in [-0.2, 0) is 19.1 Å². The number of carbonyl (C=O) groups excluding carboxylic acids is 2. The van der Waals surface area contributed by atoms with E-state index in [0.717, 1.165) is 30.4 Å². The molecule has 0 aromatic heterocycles. The van der Waals surface area contributed by atoms with Gasteiger partial charge >= 0.3 is 11.9 Å². The number of allylic oxidation sites excluding steroid dienone is 2. The van der Waals surface area contributed by atoms with Gasteiger partial charge in [-0.2, -0.15) is 0 Å². The topological polar surface area (TPSA) is 52.6 Å². The third-order valence-corrected chi connectivity index (χ3v) is 4.46. The first kappa shape index (κ1) is 17.3. The summed E-state index contributed by atoms with van der Waals surface area (Å²) in [4.78, 5) is 24.4. The highest BCUT2D eigenvalue weighted by atomic mass is 16.5. The number of benzene rings is 1. The van der Waals surface area contributed by atoms with Crippen LogP contribution in [0.25, 0.3) is 5.57 Å². The van der Waals surface area contributed by atoms with E-state index in [4.69, 9.17) is 9.47 Å². The van der Waals surface area contributed by atoms with Gasteiger partial charge in [-0.3, -0.25) is 9.59 Å². The summed E-state index contributed by atoms with van der Waals surface area (Å²) in [5.41, 5.74) is 0.898. The molecule has 1 saturated carbocycles. The Morgan fingerprint density at radius 1 is 1.17 bits per heavy atom. The number of esters is 2. The molecule has 1 atom stereocenters. The molecule has 23 heavy (non-hydrogen) atoms. The van der Waals surface area contributed by atoms with Crippen LogP contribution in [0, 0.1) is 11.3 Å². The van der Waals surface area contributed by atoms with Crippen molar-refractivity contribution in [3.63, 3.8) is 0 Å². The third kappa shape index (κ3) is 3.31. The van der Waals surface area contributed by atoms with E-state index < -0.39 is 17.4 Å². The first-order chi connectivity index (χ1) is 11.1. The van der Waals surface area contributed by atoms with Gasteiger partial charge in [-0.1, -0.05) is 56.2 Å². The van der Waals surface area contributed by atoms with E-state index in [9.17, 15) is 9.59 Å². The molecule has 4 nitrogen and oxygen atoms in total. The van der Waals surface area contributed by atoms with Crippen LogP contribution in [0.15, 0.2) is 36.4 Å². The number of ether oxygens (including phenoxy) is 2. The minimum atomic E-state index is -1.18. The fourth-order valence-electron chi connectivity index (χ4n) is 3.09.